The molecular weight excluding hydrogens is 324 g/mol. The van der Waals surface area contributed by atoms with Gasteiger partial charge < -0.3 is 4.74 Å². The fourth-order valence-electron chi connectivity index (χ4n) is 2.25. The summed E-state index contributed by atoms with van der Waals surface area (Å²) >= 11 is 0. The molecule has 2 aromatic rings. The maximum Gasteiger partial charge on any atom is 0.246 e. The minimum atomic E-state index is -4.20. The van der Waals surface area contributed by atoms with Gasteiger partial charge in [-0.1, -0.05) is 18.2 Å². The van der Waals surface area contributed by atoms with Gasteiger partial charge in [-0.05, 0) is 31.2 Å². The topological polar surface area (TPSA) is 46.6 Å². The quantitative estimate of drug-likeness (QED) is 0.838. The van der Waals surface area contributed by atoms with Crippen LogP contribution in [0.5, 0.6) is 5.75 Å². The SMILES string of the molecule is COc1ccccc1[C@@H](C)N(C)S(=O)(=O)c1cc(F)ccc1F. The van der Waals surface area contributed by atoms with Crippen LogP contribution in [0.3, 0.4) is 0 Å². The molecule has 0 aliphatic rings. The van der Waals surface area contributed by atoms with Crippen LogP contribution in [0.4, 0.5) is 8.78 Å². The molecule has 0 saturated carbocycles. The molecule has 0 aliphatic heterocycles. The van der Waals surface area contributed by atoms with E-state index in [-0.39, 0.29) is 0 Å². The van der Waals surface area contributed by atoms with Crippen LogP contribution >= 0.6 is 0 Å². The van der Waals surface area contributed by atoms with E-state index in [2.05, 4.69) is 0 Å². The van der Waals surface area contributed by atoms with Gasteiger partial charge in [0.05, 0.1) is 13.2 Å². The van der Waals surface area contributed by atoms with Crippen molar-refractivity contribution in [3.63, 3.8) is 0 Å². The molecule has 0 bridgehead atoms. The van der Waals surface area contributed by atoms with Gasteiger partial charge in [0.1, 0.15) is 22.3 Å². The maximum absolute atomic E-state index is 13.8. The summed E-state index contributed by atoms with van der Waals surface area (Å²) < 4.78 is 58.6. The zero-order valence-corrected chi connectivity index (χ0v) is 13.8. The number of halogens is 2. The monoisotopic (exact) mass is 341 g/mol. The number of methoxy groups -OCH3 is 1. The molecule has 2 aromatic carbocycles. The summed E-state index contributed by atoms with van der Waals surface area (Å²) in [5.74, 6) is -1.30. The van der Waals surface area contributed by atoms with Crippen LogP contribution in [0.1, 0.15) is 18.5 Å². The predicted octanol–water partition coefficient (Wildman–Crippen LogP) is 3.36. The van der Waals surface area contributed by atoms with Crippen LogP contribution in [0.15, 0.2) is 47.4 Å². The van der Waals surface area contributed by atoms with E-state index in [0.29, 0.717) is 17.4 Å². The summed E-state index contributed by atoms with van der Waals surface area (Å²) in [6.07, 6.45) is 0. The molecule has 0 unspecified atom stereocenters. The zero-order valence-electron chi connectivity index (χ0n) is 13.0. The Hall–Kier alpha value is -1.99. The molecule has 0 radical (unpaired) electrons. The molecule has 0 aromatic heterocycles. The molecule has 0 amide bonds. The van der Waals surface area contributed by atoms with E-state index >= 15 is 0 Å². The van der Waals surface area contributed by atoms with Crippen molar-refractivity contribution in [2.24, 2.45) is 0 Å². The highest BCUT2D eigenvalue weighted by Gasteiger charge is 2.30. The van der Waals surface area contributed by atoms with Crippen LogP contribution in [0, 0.1) is 11.6 Å². The number of rotatable bonds is 5. The number of sulfonamides is 1. The smallest absolute Gasteiger partial charge is 0.246 e. The fraction of sp³-hybridized carbons (Fsp3) is 0.250. The molecular formula is C16H17F2NO3S. The van der Waals surface area contributed by atoms with Crippen molar-refractivity contribution in [2.45, 2.75) is 17.9 Å². The van der Waals surface area contributed by atoms with Gasteiger partial charge in [-0.2, -0.15) is 4.31 Å². The zero-order chi connectivity index (χ0) is 17.2. The molecule has 0 aliphatic carbocycles. The number of nitrogens with zero attached hydrogens (tertiary/aromatic N) is 1. The van der Waals surface area contributed by atoms with E-state index in [9.17, 15) is 17.2 Å². The van der Waals surface area contributed by atoms with Crippen LogP contribution in [-0.4, -0.2) is 26.9 Å². The largest absolute Gasteiger partial charge is 0.496 e. The highest BCUT2D eigenvalue weighted by molar-refractivity contribution is 7.89. The molecule has 2 rings (SSSR count). The minimum Gasteiger partial charge on any atom is -0.496 e. The van der Waals surface area contributed by atoms with Gasteiger partial charge in [0.15, 0.2) is 0 Å². The first kappa shape index (κ1) is 17.4. The van der Waals surface area contributed by atoms with Crippen LogP contribution in [0.25, 0.3) is 0 Å². The molecule has 124 valence electrons. The van der Waals surface area contributed by atoms with E-state index in [1.165, 1.54) is 14.2 Å². The lowest BCUT2D eigenvalue weighted by atomic mass is 10.1. The molecule has 0 heterocycles. The Balaban J connectivity index is 2.45. The number of para-hydroxylation sites is 1. The first-order valence-corrected chi connectivity index (χ1v) is 8.29. The Morgan fingerprint density at radius 1 is 1.13 bits per heavy atom. The third-order valence-corrected chi connectivity index (χ3v) is 5.63. The standard InChI is InChI=1S/C16H17F2NO3S/c1-11(13-6-4-5-7-15(13)22-3)19(2)23(20,21)16-10-12(17)8-9-14(16)18/h4-11H,1-3H3/t11-/m1/s1. The molecule has 0 fully saturated rings. The molecule has 4 nitrogen and oxygen atoms in total. The van der Waals surface area contributed by atoms with E-state index in [0.717, 1.165) is 16.4 Å². The average molecular weight is 341 g/mol. The third-order valence-electron chi connectivity index (χ3n) is 3.68. The second-order valence-electron chi connectivity index (χ2n) is 5.01. The minimum absolute atomic E-state index is 0.516. The summed E-state index contributed by atoms with van der Waals surface area (Å²) in [5, 5.41) is 0. The first-order valence-electron chi connectivity index (χ1n) is 6.85. The van der Waals surface area contributed by atoms with Gasteiger partial charge in [-0.15, -0.1) is 0 Å². The van der Waals surface area contributed by atoms with Gasteiger partial charge >= 0.3 is 0 Å². The first-order chi connectivity index (χ1) is 10.8. The Labute approximate surface area is 134 Å². The molecule has 0 spiro atoms. The molecule has 7 heteroatoms. The Morgan fingerprint density at radius 2 is 1.78 bits per heavy atom. The van der Waals surface area contributed by atoms with Gasteiger partial charge in [0, 0.05) is 12.6 Å². The van der Waals surface area contributed by atoms with E-state index in [1.807, 2.05) is 0 Å². The lowest BCUT2D eigenvalue weighted by Crippen LogP contribution is -2.30. The van der Waals surface area contributed by atoms with Crippen molar-refractivity contribution in [3.05, 3.63) is 59.7 Å². The van der Waals surface area contributed by atoms with Crippen molar-refractivity contribution in [2.75, 3.05) is 14.2 Å². The second-order valence-corrected chi connectivity index (χ2v) is 6.98. The highest BCUT2D eigenvalue weighted by atomic mass is 32.2. The van der Waals surface area contributed by atoms with E-state index in [4.69, 9.17) is 4.74 Å². The fourth-order valence-corrected chi connectivity index (χ4v) is 3.66. The second kappa shape index (κ2) is 6.64. The van der Waals surface area contributed by atoms with E-state index in [1.54, 1.807) is 31.2 Å². The lowest BCUT2D eigenvalue weighted by molar-refractivity contribution is 0.365. The molecule has 23 heavy (non-hydrogen) atoms. The number of hydrogen-bond donors (Lipinski definition) is 0. The Bertz CT molecular complexity index is 809. The average Bonchev–Trinajstić information content (AvgIpc) is 2.55. The maximum atomic E-state index is 13.8. The van der Waals surface area contributed by atoms with Crippen molar-refractivity contribution in [1.82, 2.24) is 4.31 Å². The number of benzene rings is 2. The van der Waals surface area contributed by atoms with Crippen LogP contribution < -0.4 is 4.74 Å². The predicted molar refractivity (Wildman–Crippen MR) is 82.7 cm³/mol. The van der Waals surface area contributed by atoms with Crippen LogP contribution in [0.2, 0.25) is 0 Å². The highest BCUT2D eigenvalue weighted by Crippen LogP contribution is 2.32. The summed E-state index contributed by atoms with van der Waals surface area (Å²) in [7, 11) is -1.41. The summed E-state index contributed by atoms with van der Waals surface area (Å²) in [5.41, 5.74) is 0.623. The summed E-state index contributed by atoms with van der Waals surface area (Å²) in [6.45, 7) is 1.65. The number of ether oxygens (including phenoxy) is 1. The van der Waals surface area contributed by atoms with Crippen LogP contribution in [-0.2, 0) is 10.0 Å². The van der Waals surface area contributed by atoms with E-state index < -0.39 is 32.6 Å². The molecule has 0 N–H and O–H groups in total. The van der Waals surface area contributed by atoms with Gasteiger partial charge in [0.25, 0.3) is 0 Å². The van der Waals surface area contributed by atoms with Crippen molar-refractivity contribution in [3.8, 4) is 5.75 Å². The lowest BCUT2D eigenvalue weighted by Gasteiger charge is -2.26. The summed E-state index contributed by atoms with van der Waals surface area (Å²) in [6, 6.07) is 8.65. The van der Waals surface area contributed by atoms with Crippen molar-refractivity contribution < 1.29 is 21.9 Å². The molecule has 0 saturated heterocycles. The third kappa shape index (κ3) is 3.35. The van der Waals surface area contributed by atoms with Crippen molar-refractivity contribution >= 4 is 10.0 Å². The van der Waals surface area contributed by atoms with Gasteiger partial charge in [-0.25, -0.2) is 17.2 Å². The number of hydrogen-bond acceptors (Lipinski definition) is 3. The normalized spacial score (nSPS) is 13.1. The Kier molecular flexibility index (Phi) is 5.01. The molecule has 1 atom stereocenters. The van der Waals surface area contributed by atoms with Gasteiger partial charge in [-0.3, -0.25) is 0 Å². The Morgan fingerprint density at radius 3 is 2.43 bits per heavy atom. The van der Waals surface area contributed by atoms with Crippen molar-refractivity contribution in [1.29, 1.82) is 0 Å². The summed E-state index contributed by atoms with van der Waals surface area (Å²) in [4.78, 5) is -0.693. The van der Waals surface area contributed by atoms with Gasteiger partial charge in [0.2, 0.25) is 10.0 Å².